The third kappa shape index (κ3) is 4.90. The molecule has 0 aromatic heterocycles. The second kappa shape index (κ2) is 9.69. The third-order valence-corrected chi connectivity index (χ3v) is 5.83. The summed E-state index contributed by atoms with van der Waals surface area (Å²) in [5, 5.41) is 13.6. The molecule has 0 fully saturated rings. The highest BCUT2D eigenvalue weighted by Gasteiger charge is 2.16. The van der Waals surface area contributed by atoms with Crippen LogP contribution < -0.4 is 4.74 Å². The minimum absolute atomic E-state index is 0.0414. The second-order valence-electron chi connectivity index (χ2n) is 6.98. The van der Waals surface area contributed by atoms with Crippen LogP contribution in [0.2, 0.25) is 0 Å². The van der Waals surface area contributed by atoms with Crippen LogP contribution in [0.4, 0.5) is 0 Å². The summed E-state index contributed by atoms with van der Waals surface area (Å²) >= 11 is 1.70. The molecule has 0 bridgehead atoms. The molecule has 0 aliphatic heterocycles. The maximum atomic E-state index is 11.5. The van der Waals surface area contributed by atoms with E-state index < -0.39 is 12.1 Å². The zero-order valence-electron chi connectivity index (χ0n) is 16.9. The molecule has 4 nitrogen and oxygen atoms in total. The summed E-state index contributed by atoms with van der Waals surface area (Å²) in [5.41, 5.74) is 0. The highest BCUT2D eigenvalue weighted by Crippen LogP contribution is 2.38. The Hall–Kier alpha value is -3.28. The van der Waals surface area contributed by atoms with Crippen LogP contribution >= 0.6 is 11.8 Å². The lowest BCUT2D eigenvalue weighted by Gasteiger charge is -2.18. The van der Waals surface area contributed by atoms with Crippen LogP contribution in [0.1, 0.15) is 0 Å². The Bertz CT molecular complexity index is 1220. The smallest absolute Gasteiger partial charge is 0.330 e. The van der Waals surface area contributed by atoms with Gasteiger partial charge in [0.25, 0.3) is 0 Å². The Morgan fingerprint density at radius 2 is 1.68 bits per heavy atom. The number of rotatable bonds is 8. The summed E-state index contributed by atoms with van der Waals surface area (Å²) < 4.78 is 11.3. The largest absolute Gasteiger partial charge is 0.488 e. The van der Waals surface area contributed by atoms with Gasteiger partial charge in [0, 0.05) is 26.6 Å². The molecule has 156 valence electrons. The molecular weight excluding hydrogens is 408 g/mol. The predicted octanol–water partition coefficient (Wildman–Crippen LogP) is 5.61. The molecule has 4 aromatic rings. The van der Waals surface area contributed by atoms with Crippen molar-refractivity contribution in [3.8, 4) is 5.75 Å². The van der Waals surface area contributed by atoms with Gasteiger partial charge >= 0.3 is 5.97 Å². The van der Waals surface area contributed by atoms with Gasteiger partial charge in [0.2, 0.25) is 0 Å². The van der Waals surface area contributed by atoms with Crippen molar-refractivity contribution in [2.24, 2.45) is 0 Å². The molecule has 4 rings (SSSR count). The van der Waals surface area contributed by atoms with E-state index in [0.29, 0.717) is 5.75 Å². The summed E-state index contributed by atoms with van der Waals surface area (Å²) in [7, 11) is 0. The van der Waals surface area contributed by atoms with Gasteiger partial charge in [0.1, 0.15) is 12.4 Å². The SMILES string of the molecule is C=CC(=O)OC(CO)COc1c2ccccc2cc2cc(Sc3ccccc3)ccc12. The van der Waals surface area contributed by atoms with Gasteiger partial charge in [-0.2, -0.15) is 0 Å². The number of hydrogen-bond donors (Lipinski definition) is 1. The Labute approximate surface area is 185 Å². The van der Waals surface area contributed by atoms with E-state index in [1.54, 1.807) is 11.8 Å². The Balaban J connectivity index is 1.69. The first-order valence-corrected chi connectivity index (χ1v) is 10.7. The number of ether oxygens (including phenoxy) is 2. The second-order valence-corrected chi connectivity index (χ2v) is 8.13. The van der Waals surface area contributed by atoms with E-state index >= 15 is 0 Å². The van der Waals surface area contributed by atoms with Crippen molar-refractivity contribution in [1.29, 1.82) is 0 Å². The Morgan fingerprint density at radius 1 is 0.935 bits per heavy atom. The van der Waals surface area contributed by atoms with Crippen LogP contribution in [0, 0.1) is 0 Å². The van der Waals surface area contributed by atoms with Crippen molar-refractivity contribution in [3.63, 3.8) is 0 Å². The number of aliphatic hydroxyl groups excluding tert-OH is 1. The first kappa shape index (κ1) is 21.0. The molecule has 0 heterocycles. The maximum absolute atomic E-state index is 11.5. The molecule has 0 spiro atoms. The van der Waals surface area contributed by atoms with Crippen molar-refractivity contribution < 1.29 is 19.4 Å². The molecule has 0 aliphatic rings. The first-order valence-electron chi connectivity index (χ1n) is 9.93. The average Bonchev–Trinajstić information content (AvgIpc) is 2.81. The lowest BCUT2D eigenvalue weighted by Crippen LogP contribution is -2.27. The minimum Gasteiger partial charge on any atom is -0.488 e. The summed E-state index contributed by atoms with van der Waals surface area (Å²) in [6.45, 7) is 3.10. The van der Waals surface area contributed by atoms with Gasteiger partial charge < -0.3 is 14.6 Å². The molecule has 0 aliphatic carbocycles. The van der Waals surface area contributed by atoms with Crippen molar-refractivity contribution >= 4 is 39.3 Å². The van der Waals surface area contributed by atoms with Crippen LogP contribution in [-0.2, 0) is 9.53 Å². The molecule has 5 heteroatoms. The zero-order valence-corrected chi connectivity index (χ0v) is 17.7. The van der Waals surface area contributed by atoms with Gasteiger partial charge in [0.05, 0.1) is 6.61 Å². The molecule has 0 radical (unpaired) electrons. The number of carbonyl (C=O) groups excluding carboxylic acids is 1. The van der Waals surface area contributed by atoms with Gasteiger partial charge in [-0.3, -0.25) is 0 Å². The molecule has 1 unspecified atom stereocenters. The molecule has 31 heavy (non-hydrogen) atoms. The van der Waals surface area contributed by atoms with E-state index in [0.717, 1.165) is 32.5 Å². The van der Waals surface area contributed by atoms with E-state index in [1.165, 1.54) is 4.90 Å². The third-order valence-electron chi connectivity index (χ3n) is 4.83. The first-order chi connectivity index (χ1) is 15.2. The molecule has 1 N–H and O–H groups in total. The Kier molecular flexibility index (Phi) is 6.55. The van der Waals surface area contributed by atoms with Gasteiger partial charge in [-0.25, -0.2) is 4.79 Å². The lowest BCUT2D eigenvalue weighted by atomic mass is 10.0. The summed E-state index contributed by atoms with van der Waals surface area (Å²) in [6.07, 6.45) is 0.300. The summed E-state index contributed by atoms with van der Waals surface area (Å²) in [6, 6.07) is 26.6. The van der Waals surface area contributed by atoms with Crippen LogP contribution in [0.15, 0.2) is 101 Å². The maximum Gasteiger partial charge on any atom is 0.330 e. The zero-order chi connectivity index (χ0) is 21.6. The molecular formula is C26H22O4S. The number of aliphatic hydroxyl groups is 1. The van der Waals surface area contributed by atoms with Crippen LogP contribution in [-0.4, -0.2) is 30.4 Å². The Morgan fingerprint density at radius 3 is 2.45 bits per heavy atom. The lowest BCUT2D eigenvalue weighted by molar-refractivity contribution is -0.146. The van der Waals surface area contributed by atoms with E-state index in [2.05, 4.69) is 36.9 Å². The topological polar surface area (TPSA) is 55.8 Å². The van der Waals surface area contributed by atoms with Crippen molar-refractivity contribution in [2.75, 3.05) is 13.2 Å². The van der Waals surface area contributed by atoms with Crippen molar-refractivity contribution in [1.82, 2.24) is 0 Å². The van der Waals surface area contributed by atoms with Gasteiger partial charge in [0.15, 0.2) is 6.10 Å². The molecule has 4 aromatic carbocycles. The number of benzene rings is 4. The highest BCUT2D eigenvalue weighted by molar-refractivity contribution is 7.99. The normalized spacial score (nSPS) is 11.9. The number of carbonyl (C=O) groups is 1. The molecule has 0 amide bonds. The summed E-state index contributed by atoms with van der Waals surface area (Å²) in [5.74, 6) is 0.116. The van der Waals surface area contributed by atoms with Crippen LogP contribution in [0.25, 0.3) is 21.5 Å². The standard InChI is InChI=1S/C26H22O4S/c1-2-25(28)30-20(16-27)17-29-26-23-11-7-6-8-18(23)14-19-15-22(12-13-24(19)26)31-21-9-4-3-5-10-21/h2-15,20,27H,1,16-17H2. The molecule has 0 saturated heterocycles. The van der Waals surface area contributed by atoms with Crippen LogP contribution in [0.5, 0.6) is 5.75 Å². The van der Waals surface area contributed by atoms with E-state index in [9.17, 15) is 9.90 Å². The fraction of sp³-hybridized carbons (Fsp3) is 0.115. The molecule has 1 atom stereocenters. The van der Waals surface area contributed by atoms with Crippen molar-refractivity contribution in [2.45, 2.75) is 15.9 Å². The monoisotopic (exact) mass is 430 g/mol. The minimum atomic E-state index is -0.771. The van der Waals surface area contributed by atoms with E-state index in [1.807, 2.05) is 48.5 Å². The van der Waals surface area contributed by atoms with E-state index in [-0.39, 0.29) is 13.2 Å². The van der Waals surface area contributed by atoms with Gasteiger partial charge in [-0.15, -0.1) is 0 Å². The van der Waals surface area contributed by atoms with E-state index in [4.69, 9.17) is 9.47 Å². The predicted molar refractivity (Wildman–Crippen MR) is 125 cm³/mol. The molecule has 0 saturated carbocycles. The van der Waals surface area contributed by atoms with Crippen molar-refractivity contribution in [3.05, 3.63) is 91.5 Å². The fourth-order valence-corrected chi connectivity index (χ4v) is 4.25. The highest BCUT2D eigenvalue weighted by atomic mass is 32.2. The number of esters is 1. The average molecular weight is 431 g/mol. The number of fused-ring (bicyclic) bond motifs is 2. The fourth-order valence-electron chi connectivity index (χ4n) is 3.37. The number of hydrogen-bond acceptors (Lipinski definition) is 5. The van der Waals surface area contributed by atoms with Gasteiger partial charge in [-0.05, 0) is 47.2 Å². The summed E-state index contributed by atoms with van der Waals surface area (Å²) in [4.78, 5) is 13.8. The van der Waals surface area contributed by atoms with Gasteiger partial charge in [-0.1, -0.05) is 60.8 Å². The van der Waals surface area contributed by atoms with Crippen LogP contribution in [0.3, 0.4) is 0 Å². The quantitative estimate of drug-likeness (QED) is 0.224.